The van der Waals surface area contributed by atoms with Gasteiger partial charge < -0.3 is 4.74 Å². The molecule has 0 aliphatic heterocycles. The summed E-state index contributed by atoms with van der Waals surface area (Å²) in [5.74, 6) is -1.20. The van der Waals surface area contributed by atoms with E-state index in [0.29, 0.717) is 0 Å². The minimum absolute atomic E-state index is 0.331. The quantitative estimate of drug-likeness (QED) is 0.387. The van der Waals surface area contributed by atoms with Crippen LogP contribution in [0.5, 0.6) is 0 Å². The molecule has 1 N–H and O–H groups in total. The summed E-state index contributed by atoms with van der Waals surface area (Å²) in [6, 6.07) is 0. The van der Waals surface area contributed by atoms with Crippen LogP contribution in [-0.2, 0) is 19.6 Å². The van der Waals surface area contributed by atoms with Crippen molar-refractivity contribution in [2.75, 3.05) is 12.4 Å². The summed E-state index contributed by atoms with van der Waals surface area (Å²) in [5, 5.41) is 0. The summed E-state index contributed by atoms with van der Waals surface area (Å²) in [5.41, 5.74) is 0. The number of ether oxygens (including phenoxy) is 1. The first kappa shape index (κ1) is 11.1. The summed E-state index contributed by atoms with van der Waals surface area (Å²) in [6.07, 6.45) is 2.62. The van der Waals surface area contributed by atoms with Gasteiger partial charge >= 0.3 is 5.97 Å². The van der Waals surface area contributed by atoms with E-state index in [1.54, 1.807) is 6.92 Å². The van der Waals surface area contributed by atoms with Gasteiger partial charge in [-0.05, 0) is 6.92 Å². The van der Waals surface area contributed by atoms with E-state index in [2.05, 4.69) is 4.74 Å². The van der Waals surface area contributed by atoms with Gasteiger partial charge in [0.15, 0.2) is 0 Å². The Kier molecular flexibility index (Phi) is 4.53. The molecule has 0 unspecified atom stereocenters. The zero-order chi connectivity index (χ0) is 9.61. The smallest absolute Gasteiger partial charge is 0.330 e. The molecule has 0 aromatic heterocycles. The predicted octanol–water partition coefficient (Wildman–Crippen LogP) is -0.00650. The molecule has 0 fully saturated rings. The topological polar surface area (TPSA) is 80.7 Å². The van der Waals surface area contributed by atoms with Crippen molar-refractivity contribution in [1.29, 1.82) is 0 Å². The fraction of sp³-hybridized carbons (Fsp3) is 0.500. The van der Waals surface area contributed by atoms with Crippen molar-refractivity contribution < 1.29 is 22.5 Å². The Morgan fingerprint density at radius 2 is 2.17 bits per heavy atom. The summed E-state index contributed by atoms with van der Waals surface area (Å²) in [7, 11) is -4.04. The highest BCUT2D eigenvalue weighted by molar-refractivity contribution is 7.85. The SMILES string of the molecule is C/C=C/C(=O)OCCS(=O)(=O)O. The first-order valence-corrected chi connectivity index (χ1v) is 4.81. The van der Waals surface area contributed by atoms with Gasteiger partial charge in [0.1, 0.15) is 12.4 Å². The van der Waals surface area contributed by atoms with Crippen LogP contribution < -0.4 is 0 Å². The molecule has 12 heavy (non-hydrogen) atoms. The van der Waals surface area contributed by atoms with E-state index in [4.69, 9.17) is 4.55 Å². The molecule has 0 rings (SSSR count). The van der Waals surface area contributed by atoms with Crippen molar-refractivity contribution >= 4 is 16.1 Å². The van der Waals surface area contributed by atoms with Gasteiger partial charge in [-0.15, -0.1) is 0 Å². The standard InChI is InChI=1S/C6H10O5S/c1-2-3-6(7)11-4-5-12(8,9)10/h2-3H,4-5H2,1H3,(H,8,9,10)/b3-2+. The van der Waals surface area contributed by atoms with Crippen molar-refractivity contribution in [3.05, 3.63) is 12.2 Å². The maximum Gasteiger partial charge on any atom is 0.330 e. The predicted molar refractivity (Wildman–Crippen MR) is 42.2 cm³/mol. The van der Waals surface area contributed by atoms with E-state index in [0.717, 1.165) is 6.08 Å². The Bertz CT molecular complexity index is 264. The van der Waals surface area contributed by atoms with Crippen molar-refractivity contribution in [2.24, 2.45) is 0 Å². The van der Waals surface area contributed by atoms with E-state index in [9.17, 15) is 13.2 Å². The lowest BCUT2D eigenvalue weighted by Crippen LogP contribution is -2.13. The Labute approximate surface area is 70.8 Å². The number of esters is 1. The molecule has 0 aromatic carbocycles. The third-order valence-electron chi connectivity index (χ3n) is 0.888. The second-order valence-corrected chi connectivity index (χ2v) is 3.53. The van der Waals surface area contributed by atoms with Crippen LogP contribution in [0.3, 0.4) is 0 Å². The molecule has 0 aliphatic carbocycles. The van der Waals surface area contributed by atoms with Gasteiger partial charge in [-0.2, -0.15) is 8.42 Å². The lowest BCUT2D eigenvalue weighted by Gasteiger charge is -1.98. The number of hydrogen-bond acceptors (Lipinski definition) is 4. The van der Waals surface area contributed by atoms with Crippen LogP contribution in [-0.4, -0.2) is 31.3 Å². The van der Waals surface area contributed by atoms with Crippen LogP contribution >= 0.6 is 0 Å². The molecule has 0 saturated heterocycles. The Morgan fingerprint density at radius 1 is 1.58 bits per heavy atom. The highest BCUT2D eigenvalue weighted by Gasteiger charge is 2.05. The molecule has 0 atom stereocenters. The van der Waals surface area contributed by atoms with E-state index in [1.807, 2.05) is 0 Å². The van der Waals surface area contributed by atoms with Crippen molar-refractivity contribution in [2.45, 2.75) is 6.92 Å². The average molecular weight is 194 g/mol. The number of hydrogen-bond donors (Lipinski definition) is 1. The Hall–Kier alpha value is -0.880. The summed E-state index contributed by atoms with van der Waals surface area (Å²) in [6.45, 7) is 1.30. The molecule has 6 heteroatoms. The van der Waals surface area contributed by atoms with Gasteiger partial charge in [0, 0.05) is 6.08 Å². The number of rotatable bonds is 4. The van der Waals surface area contributed by atoms with E-state index < -0.39 is 21.8 Å². The fourth-order valence-corrected chi connectivity index (χ4v) is 0.726. The fourth-order valence-electron chi connectivity index (χ4n) is 0.432. The first-order valence-electron chi connectivity index (χ1n) is 3.20. The van der Waals surface area contributed by atoms with Crippen LogP contribution in [0.2, 0.25) is 0 Å². The molecule has 0 spiro atoms. The normalized spacial score (nSPS) is 11.8. The third-order valence-corrected chi connectivity index (χ3v) is 1.57. The molecule has 5 nitrogen and oxygen atoms in total. The second-order valence-electron chi connectivity index (χ2n) is 1.95. The zero-order valence-electron chi connectivity index (χ0n) is 6.56. The largest absolute Gasteiger partial charge is 0.461 e. The molecule has 0 aromatic rings. The van der Waals surface area contributed by atoms with Crippen LogP contribution in [0.4, 0.5) is 0 Å². The number of allylic oxidation sites excluding steroid dienone is 1. The van der Waals surface area contributed by atoms with E-state index in [-0.39, 0.29) is 6.61 Å². The molecule has 70 valence electrons. The maximum atomic E-state index is 10.5. The first-order chi connectivity index (χ1) is 5.45. The zero-order valence-corrected chi connectivity index (χ0v) is 7.37. The minimum atomic E-state index is -4.04. The van der Waals surface area contributed by atoms with Crippen LogP contribution in [0, 0.1) is 0 Å². The molecule has 0 bridgehead atoms. The molecule has 0 aliphatic rings. The van der Waals surface area contributed by atoms with Crippen LogP contribution in [0.15, 0.2) is 12.2 Å². The van der Waals surface area contributed by atoms with Crippen molar-refractivity contribution in [3.63, 3.8) is 0 Å². The van der Waals surface area contributed by atoms with Gasteiger partial charge in [-0.3, -0.25) is 4.55 Å². The summed E-state index contributed by atoms with van der Waals surface area (Å²) in [4.78, 5) is 10.5. The summed E-state index contributed by atoms with van der Waals surface area (Å²) < 4.78 is 32.9. The Morgan fingerprint density at radius 3 is 2.58 bits per heavy atom. The van der Waals surface area contributed by atoms with E-state index in [1.165, 1.54) is 6.08 Å². The number of carbonyl (C=O) groups is 1. The van der Waals surface area contributed by atoms with Gasteiger partial charge in [-0.25, -0.2) is 4.79 Å². The highest BCUT2D eigenvalue weighted by Crippen LogP contribution is 1.85. The van der Waals surface area contributed by atoms with Crippen molar-refractivity contribution in [1.82, 2.24) is 0 Å². The lowest BCUT2D eigenvalue weighted by molar-refractivity contribution is -0.137. The van der Waals surface area contributed by atoms with Gasteiger partial charge in [-0.1, -0.05) is 6.08 Å². The second kappa shape index (κ2) is 4.89. The molecule has 0 amide bonds. The Balaban J connectivity index is 3.65. The maximum absolute atomic E-state index is 10.5. The summed E-state index contributed by atoms with van der Waals surface area (Å²) >= 11 is 0. The monoisotopic (exact) mass is 194 g/mol. The highest BCUT2D eigenvalue weighted by atomic mass is 32.2. The molecular formula is C6H10O5S. The minimum Gasteiger partial charge on any atom is -0.461 e. The van der Waals surface area contributed by atoms with Crippen molar-refractivity contribution in [3.8, 4) is 0 Å². The lowest BCUT2D eigenvalue weighted by atomic mass is 10.5. The van der Waals surface area contributed by atoms with Gasteiger partial charge in [0.2, 0.25) is 0 Å². The molecule has 0 heterocycles. The van der Waals surface area contributed by atoms with Crippen LogP contribution in [0.1, 0.15) is 6.92 Å². The molecule has 0 radical (unpaired) electrons. The van der Waals surface area contributed by atoms with Gasteiger partial charge in [0.05, 0.1) is 0 Å². The molecular weight excluding hydrogens is 184 g/mol. The third kappa shape index (κ3) is 7.23. The molecule has 0 saturated carbocycles. The average Bonchev–Trinajstić information content (AvgIpc) is 1.84. The number of carbonyl (C=O) groups excluding carboxylic acids is 1. The van der Waals surface area contributed by atoms with Crippen LogP contribution in [0.25, 0.3) is 0 Å². The van der Waals surface area contributed by atoms with E-state index >= 15 is 0 Å². The van der Waals surface area contributed by atoms with Gasteiger partial charge in [0.25, 0.3) is 10.1 Å².